The topological polar surface area (TPSA) is 41.0 Å². The lowest BCUT2D eigenvalue weighted by atomic mass is 9.81. The predicted molar refractivity (Wildman–Crippen MR) is 70.4 cm³/mol. The average molecular weight is 234 g/mol. The lowest BCUT2D eigenvalue weighted by Gasteiger charge is -2.25. The lowest BCUT2D eigenvalue weighted by Crippen LogP contribution is -2.24. The number of rotatable bonds is 6. The molecule has 17 heavy (non-hydrogen) atoms. The van der Waals surface area contributed by atoms with Gasteiger partial charge in [-0.2, -0.15) is 0 Å². The summed E-state index contributed by atoms with van der Waals surface area (Å²) in [6, 6.07) is 0. The van der Waals surface area contributed by atoms with Gasteiger partial charge in [0.05, 0.1) is 0 Å². The summed E-state index contributed by atoms with van der Waals surface area (Å²) in [5.74, 6) is 1.56. The van der Waals surface area contributed by atoms with Crippen molar-refractivity contribution >= 4 is 5.95 Å². The number of nitrogens with one attached hydrogen (secondary N) is 1. The molecule has 0 unspecified atom stereocenters. The molecule has 0 saturated heterocycles. The molecule has 0 amide bonds. The first-order valence-electron chi connectivity index (χ1n) is 6.49. The van der Waals surface area contributed by atoms with Crippen molar-refractivity contribution in [2.24, 2.45) is 0 Å². The lowest BCUT2D eigenvalue weighted by molar-refractivity contribution is 0.417. The summed E-state index contributed by atoms with van der Waals surface area (Å²) < 4.78 is 0. The van der Waals surface area contributed by atoms with E-state index in [-0.39, 0.29) is 0 Å². The highest BCUT2D eigenvalue weighted by molar-refractivity contribution is 5.29. The number of hydrogen-bond acceptors (Lipinski definition) is 4. The Morgan fingerprint density at radius 2 is 2.06 bits per heavy atom. The van der Waals surface area contributed by atoms with E-state index in [1.807, 2.05) is 26.5 Å². The van der Waals surface area contributed by atoms with Gasteiger partial charge in [-0.15, -0.1) is 0 Å². The molecule has 1 N–H and O–H groups in total. The summed E-state index contributed by atoms with van der Waals surface area (Å²) >= 11 is 0. The highest BCUT2D eigenvalue weighted by atomic mass is 15.2. The van der Waals surface area contributed by atoms with Crippen LogP contribution in [0.3, 0.4) is 0 Å². The third kappa shape index (κ3) is 3.16. The van der Waals surface area contributed by atoms with Crippen LogP contribution in [0.15, 0.2) is 12.4 Å². The van der Waals surface area contributed by atoms with Gasteiger partial charge >= 0.3 is 0 Å². The summed E-state index contributed by atoms with van der Waals surface area (Å²) in [4.78, 5) is 11.0. The minimum Gasteiger partial charge on any atom is -0.344 e. The first-order chi connectivity index (χ1) is 8.31. The van der Waals surface area contributed by atoms with Crippen molar-refractivity contribution in [1.82, 2.24) is 15.3 Å². The standard InChI is InChI=1S/C13H22N4/c1-14-7-4-8-17(2)13-15-9-12(10-16-13)11-5-3-6-11/h9-11,14H,3-8H2,1-2H3. The zero-order valence-electron chi connectivity index (χ0n) is 10.8. The molecule has 1 aliphatic rings. The van der Waals surface area contributed by atoms with Crippen molar-refractivity contribution in [2.45, 2.75) is 31.6 Å². The van der Waals surface area contributed by atoms with Crippen LogP contribution >= 0.6 is 0 Å². The van der Waals surface area contributed by atoms with E-state index in [1.165, 1.54) is 24.8 Å². The van der Waals surface area contributed by atoms with Gasteiger partial charge in [-0.05, 0) is 44.3 Å². The Morgan fingerprint density at radius 3 is 2.59 bits per heavy atom. The molecule has 94 valence electrons. The molecule has 0 bridgehead atoms. The minimum absolute atomic E-state index is 0.721. The Kier molecular flexibility index (Phi) is 4.31. The van der Waals surface area contributed by atoms with E-state index in [0.29, 0.717) is 0 Å². The Hall–Kier alpha value is -1.16. The average Bonchev–Trinajstić information content (AvgIpc) is 2.28. The van der Waals surface area contributed by atoms with Gasteiger partial charge in [0, 0.05) is 26.0 Å². The highest BCUT2D eigenvalue weighted by Crippen LogP contribution is 2.35. The third-order valence-electron chi connectivity index (χ3n) is 3.50. The smallest absolute Gasteiger partial charge is 0.224 e. The van der Waals surface area contributed by atoms with Crippen molar-refractivity contribution in [3.8, 4) is 0 Å². The molecular formula is C13H22N4. The van der Waals surface area contributed by atoms with Crippen LogP contribution < -0.4 is 10.2 Å². The fourth-order valence-corrected chi connectivity index (χ4v) is 2.07. The fourth-order valence-electron chi connectivity index (χ4n) is 2.07. The Balaban J connectivity index is 1.87. The molecule has 1 fully saturated rings. The first kappa shape index (κ1) is 12.3. The molecule has 1 aromatic rings. The summed E-state index contributed by atoms with van der Waals surface area (Å²) in [7, 11) is 4.03. The van der Waals surface area contributed by atoms with Crippen LogP contribution in [-0.2, 0) is 0 Å². The summed E-state index contributed by atoms with van der Waals surface area (Å²) in [5.41, 5.74) is 1.31. The van der Waals surface area contributed by atoms with Crippen molar-refractivity contribution in [2.75, 3.05) is 32.1 Å². The van der Waals surface area contributed by atoms with Crippen LogP contribution in [-0.4, -0.2) is 37.2 Å². The van der Waals surface area contributed by atoms with Gasteiger partial charge < -0.3 is 10.2 Å². The van der Waals surface area contributed by atoms with Crippen molar-refractivity contribution in [1.29, 1.82) is 0 Å². The monoisotopic (exact) mass is 234 g/mol. The molecular weight excluding hydrogens is 212 g/mol. The number of aromatic nitrogens is 2. The van der Waals surface area contributed by atoms with Crippen LogP contribution in [0.4, 0.5) is 5.95 Å². The molecule has 4 nitrogen and oxygen atoms in total. The maximum atomic E-state index is 4.45. The van der Waals surface area contributed by atoms with Gasteiger partial charge in [-0.1, -0.05) is 6.42 Å². The SMILES string of the molecule is CNCCCN(C)c1ncc(C2CCC2)cn1. The zero-order chi connectivity index (χ0) is 12.1. The van der Waals surface area contributed by atoms with E-state index in [2.05, 4.69) is 20.2 Å². The molecule has 0 aromatic carbocycles. The molecule has 2 rings (SSSR count). The second kappa shape index (κ2) is 5.96. The summed E-state index contributed by atoms with van der Waals surface area (Å²) in [6.07, 6.45) is 9.08. The number of hydrogen-bond donors (Lipinski definition) is 1. The molecule has 0 aliphatic heterocycles. The van der Waals surface area contributed by atoms with Crippen molar-refractivity contribution in [3.63, 3.8) is 0 Å². The summed E-state index contributed by atoms with van der Waals surface area (Å²) in [6.45, 7) is 2.02. The maximum absolute atomic E-state index is 4.45. The Labute approximate surface area is 103 Å². The van der Waals surface area contributed by atoms with E-state index < -0.39 is 0 Å². The van der Waals surface area contributed by atoms with Crippen molar-refractivity contribution < 1.29 is 0 Å². The van der Waals surface area contributed by atoms with E-state index in [0.717, 1.165) is 31.4 Å². The van der Waals surface area contributed by atoms with Crippen LogP contribution in [0.25, 0.3) is 0 Å². The molecule has 0 radical (unpaired) electrons. The van der Waals surface area contributed by atoms with Gasteiger partial charge in [0.25, 0.3) is 0 Å². The van der Waals surface area contributed by atoms with Crippen LogP contribution in [0, 0.1) is 0 Å². The van der Waals surface area contributed by atoms with Crippen LogP contribution in [0.1, 0.15) is 37.2 Å². The van der Waals surface area contributed by atoms with Gasteiger partial charge in [0.2, 0.25) is 5.95 Å². The molecule has 1 heterocycles. The van der Waals surface area contributed by atoms with Gasteiger partial charge in [-0.25, -0.2) is 9.97 Å². The molecule has 1 aromatic heterocycles. The second-order valence-corrected chi connectivity index (χ2v) is 4.82. The quantitative estimate of drug-likeness (QED) is 0.762. The highest BCUT2D eigenvalue weighted by Gasteiger charge is 2.20. The van der Waals surface area contributed by atoms with Crippen LogP contribution in [0.5, 0.6) is 0 Å². The van der Waals surface area contributed by atoms with Gasteiger partial charge in [0.1, 0.15) is 0 Å². The molecule has 4 heteroatoms. The molecule has 0 spiro atoms. The summed E-state index contributed by atoms with van der Waals surface area (Å²) in [5, 5.41) is 3.15. The minimum atomic E-state index is 0.721. The molecule has 0 atom stereocenters. The van der Waals surface area contributed by atoms with E-state index >= 15 is 0 Å². The van der Waals surface area contributed by atoms with Crippen LogP contribution in [0.2, 0.25) is 0 Å². The van der Waals surface area contributed by atoms with Gasteiger partial charge in [0.15, 0.2) is 0 Å². The normalized spacial score (nSPS) is 15.6. The first-order valence-corrected chi connectivity index (χ1v) is 6.49. The van der Waals surface area contributed by atoms with E-state index in [9.17, 15) is 0 Å². The number of anilines is 1. The predicted octanol–water partition coefficient (Wildman–Crippen LogP) is 1.79. The molecule has 1 aliphatic carbocycles. The number of nitrogens with zero attached hydrogens (tertiary/aromatic N) is 3. The van der Waals surface area contributed by atoms with E-state index in [1.54, 1.807) is 0 Å². The second-order valence-electron chi connectivity index (χ2n) is 4.82. The molecule has 1 saturated carbocycles. The third-order valence-corrected chi connectivity index (χ3v) is 3.50. The maximum Gasteiger partial charge on any atom is 0.224 e. The fraction of sp³-hybridized carbons (Fsp3) is 0.692. The zero-order valence-corrected chi connectivity index (χ0v) is 10.8. The largest absolute Gasteiger partial charge is 0.344 e. The van der Waals surface area contributed by atoms with Crippen molar-refractivity contribution in [3.05, 3.63) is 18.0 Å². The van der Waals surface area contributed by atoms with Gasteiger partial charge in [-0.3, -0.25) is 0 Å². The van der Waals surface area contributed by atoms with E-state index in [4.69, 9.17) is 0 Å². The Bertz CT molecular complexity index is 332. The Morgan fingerprint density at radius 1 is 1.35 bits per heavy atom.